The SMILES string of the molecule is CCCCCCCOCCOCCOCCOCCOCCOCCOCCOCC(C)CC. The average Bonchev–Trinajstić information content (AvgIpc) is 2.85. The summed E-state index contributed by atoms with van der Waals surface area (Å²) in [5.41, 5.74) is 0. The standard InChI is InChI=1S/C26H54O8/c1-4-6-7-8-9-10-27-11-12-28-13-14-29-15-16-30-17-18-31-19-20-32-21-22-33-23-24-34-25-26(3)5-2/h26H,4-25H2,1-3H3. The summed E-state index contributed by atoms with van der Waals surface area (Å²) in [5.74, 6) is 0.609. The molecule has 1 atom stereocenters. The van der Waals surface area contributed by atoms with Crippen molar-refractivity contribution in [3.05, 3.63) is 0 Å². The molecule has 0 aliphatic carbocycles. The summed E-state index contributed by atoms with van der Waals surface area (Å²) in [5, 5.41) is 0. The number of hydrogen-bond acceptors (Lipinski definition) is 8. The molecule has 1 unspecified atom stereocenters. The Kier molecular flexibility index (Phi) is 30.4. The van der Waals surface area contributed by atoms with Gasteiger partial charge in [0.15, 0.2) is 0 Å². The Labute approximate surface area is 209 Å². The smallest absolute Gasteiger partial charge is 0.0701 e. The lowest BCUT2D eigenvalue weighted by atomic mass is 10.1. The summed E-state index contributed by atoms with van der Waals surface area (Å²) in [4.78, 5) is 0. The van der Waals surface area contributed by atoms with Crippen molar-refractivity contribution in [1.29, 1.82) is 0 Å². The molecule has 0 radical (unpaired) electrons. The minimum Gasteiger partial charge on any atom is -0.379 e. The van der Waals surface area contributed by atoms with Crippen molar-refractivity contribution < 1.29 is 37.9 Å². The number of rotatable bonds is 30. The molecule has 34 heavy (non-hydrogen) atoms. The third-order valence-corrected chi connectivity index (χ3v) is 5.10. The zero-order valence-corrected chi connectivity index (χ0v) is 22.4. The lowest BCUT2D eigenvalue weighted by Gasteiger charge is -2.10. The van der Waals surface area contributed by atoms with Gasteiger partial charge in [0.2, 0.25) is 0 Å². The van der Waals surface area contributed by atoms with E-state index in [9.17, 15) is 0 Å². The van der Waals surface area contributed by atoms with Crippen molar-refractivity contribution in [3.8, 4) is 0 Å². The summed E-state index contributed by atoms with van der Waals surface area (Å²) >= 11 is 0. The van der Waals surface area contributed by atoms with Crippen molar-refractivity contribution in [2.24, 2.45) is 5.92 Å². The summed E-state index contributed by atoms with van der Waals surface area (Å²) in [6.07, 6.45) is 7.46. The molecular weight excluding hydrogens is 440 g/mol. The second-order valence-electron chi connectivity index (χ2n) is 8.29. The van der Waals surface area contributed by atoms with Gasteiger partial charge < -0.3 is 37.9 Å². The third kappa shape index (κ3) is 29.7. The molecule has 0 spiro atoms. The lowest BCUT2D eigenvalue weighted by molar-refractivity contribution is -0.0238. The fraction of sp³-hybridized carbons (Fsp3) is 1.00. The van der Waals surface area contributed by atoms with E-state index in [1.54, 1.807) is 0 Å². The van der Waals surface area contributed by atoms with Crippen LogP contribution in [0.3, 0.4) is 0 Å². The van der Waals surface area contributed by atoms with Gasteiger partial charge >= 0.3 is 0 Å². The van der Waals surface area contributed by atoms with E-state index >= 15 is 0 Å². The van der Waals surface area contributed by atoms with Crippen LogP contribution in [0.15, 0.2) is 0 Å². The maximum Gasteiger partial charge on any atom is 0.0701 e. The molecule has 0 saturated carbocycles. The molecule has 0 aromatic rings. The molecule has 0 heterocycles. The molecular formula is C26H54O8. The first-order valence-electron chi connectivity index (χ1n) is 13.4. The first-order valence-corrected chi connectivity index (χ1v) is 13.4. The van der Waals surface area contributed by atoms with Crippen LogP contribution in [0.2, 0.25) is 0 Å². The predicted octanol–water partition coefficient (Wildman–Crippen LogP) is 4.14. The minimum atomic E-state index is 0.551. The Morgan fingerprint density at radius 1 is 0.382 bits per heavy atom. The van der Waals surface area contributed by atoms with E-state index in [1.165, 1.54) is 25.7 Å². The molecule has 0 amide bonds. The van der Waals surface area contributed by atoms with Gasteiger partial charge in [0.1, 0.15) is 0 Å². The molecule has 0 bridgehead atoms. The Hall–Kier alpha value is -0.320. The largest absolute Gasteiger partial charge is 0.379 e. The highest BCUT2D eigenvalue weighted by Crippen LogP contribution is 2.02. The van der Waals surface area contributed by atoms with Crippen LogP contribution in [0.1, 0.15) is 59.3 Å². The normalized spacial score (nSPS) is 12.4. The molecule has 0 aliphatic heterocycles. The topological polar surface area (TPSA) is 73.8 Å². The van der Waals surface area contributed by atoms with E-state index in [4.69, 9.17) is 37.9 Å². The highest BCUT2D eigenvalue weighted by Gasteiger charge is 1.98. The van der Waals surface area contributed by atoms with Gasteiger partial charge in [0, 0.05) is 13.2 Å². The molecule has 0 aliphatic rings. The van der Waals surface area contributed by atoms with E-state index in [0.29, 0.717) is 98.4 Å². The highest BCUT2D eigenvalue weighted by molar-refractivity contribution is 4.46. The van der Waals surface area contributed by atoms with Crippen LogP contribution in [0.25, 0.3) is 0 Å². The summed E-state index contributed by atoms with van der Waals surface area (Å²) in [6, 6.07) is 0. The average molecular weight is 495 g/mol. The van der Waals surface area contributed by atoms with Crippen molar-refractivity contribution in [2.45, 2.75) is 59.3 Å². The molecule has 8 heteroatoms. The van der Waals surface area contributed by atoms with E-state index in [2.05, 4.69) is 20.8 Å². The first kappa shape index (κ1) is 33.7. The zero-order valence-electron chi connectivity index (χ0n) is 22.4. The zero-order chi connectivity index (χ0) is 24.8. The van der Waals surface area contributed by atoms with Gasteiger partial charge in [-0.25, -0.2) is 0 Å². The molecule has 0 aromatic heterocycles. The van der Waals surface area contributed by atoms with E-state index in [-0.39, 0.29) is 0 Å². The number of unbranched alkanes of at least 4 members (excludes halogenated alkanes) is 4. The van der Waals surface area contributed by atoms with Crippen LogP contribution >= 0.6 is 0 Å². The van der Waals surface area contributed by atoms with Gasteiger partial charge in [-0.3, -0.25) is 0 Å². The monoisotopic (exact) mass is 494 g/mol. The van der Waals surface area contributed by atoms with Crippen LogP contribution in [-0.4, -0.2) is 106 Å². The summed E-state index contributed by atoms with van der Waals surface area (Å²) < 4.78 is 43.9. The number of ether oxygens (including phenoxy) is 8. The first-order chi connectivity index (χ1) is 16.8. The molecule has 8 nitrogen and oxygen atoms in total. The fourth-order valence-corrected chi connectivity index (χ4v) is 2.75. The second-order valence-corrected chi connectivity index (χ2v) is 8.29. The van der Waals surface area contributed by atoms with Crippen LogP contribution in [0.4, 0.5) is 0 Å². The molecule has 0 fully saturated rings. The highest BCUT2D eigenvalue weighted by atomic mass is 16.6. The number of hydrogen-bond donors (Lipinski definition) is 0. The van der Waals surface area contributed by atoms with E-state index < -0.39 is 0 Å². The summed E-state index contributed by atoms with van der Waals surface area (Å²) in [7, 11) is 0. The van der Waals surface area contributed by atoms with Crippen molar-refractivity contribution in [3.63, 3.8) is 0 Å². The van der Waals surface area contributed by atoms with Gasteiger partial charge in [0.05, 0.1) is 92.5 Å². The maximum atomic E-state index is 5.55. The molecule has 206 valence electrons. The van der Waals surface area contributed by atoms with Crippen LogP contribution in [0.5, 0.6) is 0 Å². The van der Waals surface area contributed by atoms with Crippen LogP contribution in [0, 0.1) is 5.92 Å². The van der Waals surface area contributed by atoms with E-state index in [1.807, 2.05) is 0 Å². The molecule has 0 N–H and O–H groups in total. The van der Waals surface area contributed by atoms with Gasteiger partial charge in [-0.15, -0.1) is 0 Å². The fourth-order valence-electron chi connectivity index (χ4n) is 2.75. The minimum absolute atomic E-state index is 0.551. The molecule has 0 rings (SSSR count). The van der Waals surface area contributed by atoms with Crippen LogP contribution in [-0.2, 0) is 37.9 Å². The van der Waals surface area contributed by atoms with Crippen molar-refractivity contribution in [1.82, 2.24) is 0 Å². The molecule has 0 saturated heterocycles. The Morgan fingerprint density at radius 3 is 1.06 bits per heavy atom. The molecule has 0 aromatic carbocycles. The Morgan fingerprint density at radius 2 is 0.706 bits per heavy atom. The van der Waals surface area contributed by atoms with E-state index in [0.717, 1.165) is 26.1 Å². The third-order valence-electron chi connectivity index (χ3n) is 5.10. The van der Waals surface area contributed by atoms with Crippen molar-refractivity contribution >= 4 is 0 Å². The second kappa shape index (κ2) is 30.7. The van der Waals surface area contributed by atoms with Crippen molar-refractivity contribution in [2.75, 3.05) is 106 Å². The lowest BCUT2D eigenvalue weighted by Crippen LogP contribution is -2.15. The quantitative estimate of drug-likeness (QED) is 0.138. The van der Waals surface area contributed by atoms with Gasteiger partial charge in [0.25, 0.3) is 0 Å². The van der Waals surface area contributed by atoms with Gasteiger partial charge in [-0.1, -0.05) is 52.9 Å². The van der Waals surface area contributed by atoms with Gasteiger partial charge in [-0.2, -0.15) is 0 Å². The Bertz CT molecular complexity index is 360. The predicted molar refractivity (Wildman–Crippen MR) is 135 cm³/mol. The van der Waals surface area contributed by atoms with Crippen LogP contribution < -0.4 is 0 Å². The Balaban J connectivity index is 3.02. The maximum absolute atomic E-state index is 5.55. The summed E-state index contributed by atoms with van der Waals surface area (Å²) in [6.45, 7) is 16.4. The van der Waals surface area contributed by atoms with Gasteiger partial charge in [-0.05, 0) is 12.3 Å².